The lowest BCUT2D eigenvalue weighted by Crippen LogP contribution is -2.26. The van der Waals surface area contributed by atoms with E-state index in [4.69, 9.17) is 5.11 Å². The number of nitrogens with one attached hydrogen (secondary N) is 1. The highest BCUT2D eigenvalue weighted by molar-refractivity contribution is 7.89. The van der Waals surface area contributed by atoms with Gasteiger partial charge in [0.25, 0.3) is 0 Å². The summed E-state index contributed by atoms with van der Waals surface area (Å²) < 4.78 is 53.2. The van der Waals surface area contributed by atoms with Crippen LogP contribution in [0.4, 0.5) is 8.78 Å². The summed E-state index contributed by atoms with van der Waals surface area (Å²) in [5.41, 5.74) is -0.236. The molecule has 0 aliphatic heterocycles. The number of hydrogen-bond acceptors (Lipinski definition) is 4. The molecule has 0 aromatic heterocycles. The van der Waals surface area contributed by atoms with Gasteiger partial charge in [0, 0.05) is 17.7 Å². The van der Waals surface area contributed by atoms with Crippen LogP contribution in [0.2, 0.25) is 0 Å². The second kappa shape index (κ2) is 8.65. The summed E-state index contributed by atoms with van der Waals surface area (Å²) >= 11 is 0. The van der Waals surface area contributed by atoms with Gasteiger partial charge in [-0.3, -0.25) is 9.59 Å². The predicted molar refractivity (Wildman–Crippen MR) is 93.6 cm³/mol. The molecule has 2 aromatic rings. The maximum absolute atomic E-state index is 13.5. The van der Waals surface area contributed by atoms with Crippen molar-refractivity contribution >= 4 is 27.9 Å². The Hall–Kier alpha value is -2.91. The minimum atomic E-state index is -3.91. The van der Waals surface area contributed by atoms with Gasteiger partial charge in [0.15, 0.2) is 5.78 Å². The zero-order valence-corrected chi connectivity index (χ0v) is 14.7. The van der Waals surface area contributed by atoms with Crippen molar-refractivity contribution in [2.45, 2.75) is 11.3 Å². The highest BCUT2D eigenvalue weighted by Crippen LogP contribution is 2.15. The number of hydrogen-bond donors (Lipinski definition) is 2. The molecular formula is C18H15F2NO5S. The van der Waals surface area contributed by atoms with E-state index in [0.717, 1.165) is 24.3 Å². The van der Waals surface area contributed by atoms with Crippen molar-refractivity contribution in [3.63, 3.8) is 0 Å². The van der Waals surface area contributed by atoms with Crippen LogP contribution in [-0.2, 0) is 14.8 Å². The average molecular weight is 395 g/mol. The molecule has 0 fully saturated rings. The lowest BCUT2D eigenvalue weighted by atomic mass is 10.1. The van der Waals surface area contributed by atoms with Gasteiger partial charge in [-0.25, -0.2) is 21.9 Å². The monoisotopic (exact) mass is 395 g/mol. The van der Waals surface area contributed by atoms with E-state index in [-0.39, 0.29) is 29.0 Å². The number of rotatable bonds is 8. The predicted octanol–water partition coefficient (Wildman–Crippen LogP) is 2.61. The second-order valence-corrected chi connectivity index (χ2v) is 7.17. The Kier molecular flexibility index (Phi) is 6.54. The quantitative estimate of drug-likeness (QED) is 0.529. The summed E-state index contributed by atoms with van der Waals surface area (Å²) in [5.74, 6) is -3.34. The lowest BCUT2D eigenvalue weighted by Gasteiger charge is -2.06. The minimum absolute atomic E-state index is 0.118. The molecule has 0 atom stereocenters. The number of ketones is 1. The van der Waals surface area contributed by atoms with E-state index in [2.05, 4.69) is 4.72 Å². The van der Waals surface area contributed by atoms with Crippen molar-refractivity contribution in [2.24, 2.45) is 0 Å². The number of carbonyl (C=O) groups is 2. The van der Waals surface area contributed by atoms with Gasteiger partial charge >= 0.3 is 5.97 Å². The van der Waals surface area contributed by atoms with Gasteiger partial charge in [0.2, 0.25) is 10.0 Å². The van der Waals surface area contributed by atoms with Gasteiger partial charge in [-0.2, -0.15) is 0 Å². The van der Waals surface area contributed by atoms with Gasteiger partial charge in [-0.05, 0) is 48.6 Å². The van der Waals surface area contributed by atoms with Crippen molar-refractivity contribution in [1.29, 1.82) is 0 Å². The molecule has 142 valence electrons. The van der Waals surface area contributed by atoms with Crippen molar-refractivity contribution in [2.75, 3.05) is 6.54 Å². The van der Waals surface area contributed by atoms with Crippen LogP contribution in [0.5, 0.6) is 0 Å². The third kappa shape index (κ3) is 5.53. The van der Waals surface area contributed by atoms with Crippen LogP contribution in [-0.4, -0.2) is 31.8 Å². The fourth-order valence-corrected chi connectivity index (χ4v) is 3.13. The highest BCUT2D eigenvalue weighted by atomic mass is 32.2. The Balaban J connectivity index is 2.11. The van der Waals surface area contributed by atoms with Gasteiger partial charge < -0.3 is 5.11 Å². The number of carboxylic acids is 1. The molecule has 6 nitrogen and oxygen atoms in total. The molecule has 0 aliphatic rings. The number of aliphatic carboxylic acids is 1. The third-order valence-electron chi connectivity index (χ3n) is 3.48. The van der Waals surface area contributed by atoms with Crippen LogP contribution in [0.15, 0.2) is 53.4 Å². The van der Waals surface area contributed by atoms with Crippen molar-refractivity contribution in [3.8, 4) is 0 Å². The van der Waals surface area contributed by atoms with Crippen LogP contribution >= 0.6 is 0 Å². The number of sulfonamides is 1. The van der Waals surface area contributed by atoms with Crippen LogP contribution in [0, 0.1) is 11.6 Å². The number of carbonyl (C=O) groups excluding carboxylic acids is 1. The van der Waals surface area contributed by atoms with Gasteiger partial charge in [0.05, 0.1) is 11.3 Å². The molecule has 0 unspecified atom stereocenters. The fraction of sp³-hybridized carbons (Fsp3) is 0.111. The number of benzene rings is 2. The van der Waals surface area contributed by atoms with E-state index < -0.39 is 33.4 Å². The first-order chi connectivity index (χ1) is 12.7. The molecule has 0 saturated heterocycles. The summed E-state index contributed by atoms with van der Waals surface area (Å²) in [6.07, 6.45) is 1.62. The van der Waals surface area contributed by atoms with Gasteiger partial charge in [-0.15, -0.1) is 0 Å². The number of halogens is 2. The normalized spacial score (nSPS) is 11.6. The van der Waals surface area contributed by atoms with Crippen molar-refractivity contribution in [1.82, 2.24) is 4.72 Å². The first-order valence-electron chi connectivity index (χ1n) is 7.68. The van der Waals surface area contributed by atoms with E-state index in [1.54, 1.807) is 0 Å². The minimum Gasteiger partial charge on any atom is -0.481 e. The standard InChI is InChI=1S/C18H15F2NO5S/c19-15-2-1-3-16(20)14(15)8-9-17(22)12-4-6-13(7-5-12)27(25,26)21-11-10-18(23)24/h1-9,21H,10-11H2,(H,23,24)/b9-8+. The lowest BCUT2D eigenvalue weighted by molar-refractivity contribution is -0.136. The van der Waals surface area contributed by atoms with E-state index in [1.165, 1.54) is 30.3 Å². The summed E-state index contributed by atoms with van der Waals surface area (Å²) in [4.78, 5) is 22.4. The molecule has 0 saturated carbocycles. The first-order valence-corrected chi connectivity index (χ1v) is 9.17. The van der Waals surface area contributed by atoms with E-state index in [9.17, 15) is 26.8 Å². The Morgan fingerprint density at radius 2 is 1.63 bits per heavy atom. The maximum Gasteiger partial charge on any atom is 0.304 e. The summed E-state index contributed by atoms with van der Waals surface area (Å²) in [5, 5.41) is 8.52. The van der Waals surface area contributed by atoms with Crippen molar-refractivity contribution in [3.05, 3.63) is 71.3 Å². The van der Waals surface area contributed by atoms with Gasteiger partial charge in [-0.1, -0.05) is 6.07 Å². The zero-order valence-electron chi connectivity index (χ0n) is 13.9. The van der Waals surface area contributed by atoms with Crippen LogP contribution < -0.4 is 4.72 Å². The Morgan fingerprint density at radius 3 is 2.19 bits per heavy atom. The second-order valence-electron chi connectivity index (χ2n) is 5.40. The fourth-order valence-electron chi connectivity index (χ4n) is 2.10. The largest absolute Gasteiger partial charge is 0.481 e. The maximum atomic E-state index is 13.5. The Morgan fingerprint density at radius 1 is 1.04 bits per heavy atom. The molecule has 2 aromatic carbocycles. The molecule has 0 aliphatic carbocycles. The smallest absolute Gasteiger partial charge is 0.304 e. The van der Waals surface area contributed by atoms with Crippen molar-refractivity contribution < 1.29 is 31.9 Å². The molecule has 0 heterocycles. The molecule has 2 N–H and O–H groups in total. The van der Waals surface area contributed by atoms with Crippen LogP contribution in [0.3, 0.4) is 0 Å². The van der Waals surface area contributed by atoms with E-state index >= 15 is 0 Å². The van der Waals surface area contributed by atoms with Crippen LogP contribution in [0.25, 0.3) is 6.08 Å². The number of carboxylic acid groups (broad SMARTS) is 1. The van der Waals surface area contributed by atoms with Gasteiger partial charge in [0.1, 0.15) is 11.6 Å². The number of allylic oxidation sites excluding steroid dienone is 1. The molecule has 0 spiro atoms. The molecule has 0 amide bonds. The molecule has 0 bridgehead atoms. The van der Waals surface area contributed by atoms with E-state index in [0.29, 0.717) is 0 Å². The molecule has 0 radical (unpaired) electrons. The average Bonchev–Trinajstić information content (AvgIpc) is 2.60. The molecule has 2 rings (SSSR count). The Bertz CT molecular complexity index is 965. The topological polar surface area (TPSA) is 101 Å². The van der Waals surface area contributed by atoms with Crippen LogP contribution in [0.1, 0.15) is 22.3 Å². The Labute approximate surface area is 154 Å². The summed E-state index contributed by atoms with van der Waals surface area (Å²) in [7, 11) is -3.91. The highest BCUT2D eigenvalue weighted by Gasteiger charge is 2.15. The first kappa shape index (κ1) is 20.4. The molecule has 27 heavy (non-hydrogen) atoms. The summed E-state index contributed by atoms with van der Waals surface area (Å²) in [6.45, 7) is -0.269. The SMILES string of the molecule is O=C(O)CCNS(=O)(=O)c1ccc(C(=O)/C=C/c2c(F)cccc2F)cc1. The molecular weight excluding hydrogens is 380 g/mol. The molecule has 9 heteroatoms. The summed E-state index contributed by atoms with van der Waals surface area (Å²) in [6, 6.07) is 8.16. The third-order valence-corrected chi connectivity index (χ3v) is 4.96. The zero-order chi connectivity index (χ0) is 20.0. The van der Waals surface area contributed by atoms with E-state index in [1.807, 2.05) is 0 Å².